The van der Waals surface area contributed by atoms with Gasteiger partial charge in [-0.05, 0) is 18.6 Å². The molecule has 1 heteroatoms. The summed E-state index contributed by atoms with van der Waals surface area (Å²) in [7, 11) is 0. The quantitative estimate of drug-likeness (QED) is 0.739. The van der Waals surface area contributed by atoms with Crippen molar-refractivity contribution in [3.8, 4) is 0 Å². The molecule has 1 aliphatic rings. The van der Waals surface area contributed by atoms with E-state index in [-0.39, 0.29) is 0 Å². The van der Waals surface area contributed by atoms with Crippen molar-refractivity contribution in [3.05, 3.63) is 95.7 Å². The second kappa shape index (κ2) is 5.70. The van der Waals surface area contributed by atoms with Gasteiger partial charge in [0, 0.05) is 17.2 Å². The van der Waals surface area contributed by atoms with Crippen LogP contribution in [0.15, 0.2) is 89.6 Å². The van der Waals surface area contributed by atoms with Crippen molar-refractivity contribution in [3.63, 3.8) is 0 Å². The van der Waals surface area contributed by atoms with Crippen LogP contribution in [0.3, 0.4) is 0 Å². The molecule has 0 spiro atoms. The molecule has 1 nitrogen and oxygen atoms in total. The van der Waals surface area contributed by atoms with Crippen LogP contribution in [0, 0.1) is 0 Å². The largest absolute Gasteiger partial charge is 0.253 e. The van der Waals surface area contributed by atoms with Gasteiger partial charge in [0.1, 0.15) is 0 Å². The number of rotatable bonds is 2. The average Bonchev–Trinajstić information content (AvgIpc) is 2.71. The maximum absolute atomic E-state index is 4.71. The summed E-state index contributed by atoms with van der Waals surface area (Å²) in [6.45, 7) is 2.06. The molecule has 98 valence electrons. The van der Waals surface area contributed by atoms with Gasteiger partial charge in [-0.3, -0.25) is 4.99 Å². The van der Waals surface area contributed by atoms with Crippen LogP contribution in [0.25, 0.3) is 0 Å². The zero-order chi connectivity index (χ0) is 13.8. The molecule has 2 aromatic carbocycles. The number of hydrogen-bond acceptors (Lipinski definition) is 1. The molecule has 0 aliphatic carbocycles. The monoisotopic (exact) mass is 259 g/mol. The van der Waals surface area contributed by atoms with Gasteiger partial charge in [-0.2, -0.15) is 0 Å². The van der Waals surface area contributed by atoms with E-state index in [9.17, 15) is 0 Å². The third-order valence-corrected chi connectivity index (χ3v) is 3.43. The van der Waals surface area contributed by atoms with E-state index >= 15 is 0 Å². The summed E-state index contributed by atoms with van der Waals surface area (Å²) in [6, 6.07) is 20.8. The summed E-state index contributed by atoms with van der Waals surface area (Å²) in [5.41, 5.74) is 4.54. The van der Waals surface area contributed by atoms with Crippen molar-refractivity contribution in [2.24, 2.45) is 4.99 Å². The molecule has 3 rings (SSSR count). The number of aliphatic imine (C=N–C) groups is 1. The van der Waals surface area contributed by atoms with Crippen LogP contribution in [0.5, 0.6) is 0 Å². The Morgan fingerprint density at radius 3 is 2.20 bits per heavy atom. The standard InChI is InChI=1S/C19H17N/c1-15-14-18(16-8-4-2-5-9-16)12-13-19(20-15)17-10-6-3-7-11-17/h2-14,18H,1H3. The molecule has 2 aromatic rings. The third kappa shape index (κ3) is 2.77. The van der Waals surface area contributed by atoms with Gasteiger partial charge in [0.25, 0.3) is 0 Å². The Labute approximate surface area is 120 Å². The Morgan fingerprint density at radius 1 is 0.850 bits per heavy atom. The summed E-state index contributed by atoms with van der Waals surface area (Å²) >= 11 is 0. The highest BCUT2D eigenvalue weighted by Gasteiger charge is 2.09. The van der Waals surface area contributed by atoms with Gasteiger partial charge < -0.3 is 0 Å². The molecule has 1 aliphatic heterocycles. The minimum Gasteiger partial charge on any atom is -0.253 e. The minimum absolute atomic E-state index is 0.293. The molecule has 0 saturated heterocycles. The van der Waals surface area contributed by atoms with E-state index < -0.39 is 0 Å². The molecule has 0 fully saturated rings. The molecule has 1 atom stereocenters. The van der Waals surface area contributed by atoms with Gasteiger partial charge in [-0.15, -0.1) is 0 Å². The van der Waals surface area contributed by atoms with Crippen LogP contribution in [0.1, 0.15) is 24.0 Å². The molecular weight excluding hydrogens is 242 g/mol. The summed E-state index contributed by atoms with van der Waals surface area (Å²) < 4.78 is 0. The van der Waals surface area contributed by atoms with Crippen LogP contribution in [0.2, 0.25) is 0 Å². The van der Waals surface area contributed by atoms with E-state index in [2.05, 4.69) is 61.5 Å². The first-order valence-electron chi connectivity index (χ1n) is 6.88. The molecule has 0 bridgehead atoms. The average molecular weight is 259 g/mol. The molecule has 0 aromatic heterocycles. The predicted octanol–water partition coefficient (Wildman–Crippen LogP) is 4.73. The third-order valence-electron chi connectivity index (χ3n) is 3.43. The first-order chi connectivity index (χ1) is 9.83. The van der Waals surface area contributed by atoms with E-state index in [0.29, 0.717) is 5.92 Å². The number of nitrogens with zero attached hydrogens (tertiary/aromatic N) is 1. The summed E-state index contributed by atoms with van der Waals surface area (Å²) in [4.78, 5) is 4.71. The Kier molecular flexibility index (Phi) is 3.60. The van der Waals surface area contributed by atoms with Crippen molar-refractivity contribution >= 4 is 5.71 Å². The van der Waals surface area contributed by atoms with E-state index in [4.69, 9.17) is 4.99 Å². The highest BCUT2D eigenvalue weighted by molar-refractivity contribution is 6.09. The zero-order valence-electron chi connectivity index (χ0n) is 11.5. The summed E-state index contributed by atoms with van der Waals surface area (Å²) in [5.74, 6) is 0.293. The first kappa shape index (κ1) is 12.6. The van der Waals surface area contributed by atoms with E-state index in [1.807, 2.05) is 24.3 Å². The topological polar surface area (TPSA) is 12.4 Å². The molecule has 20 heavy (non-hydrogen) atoms. The van der Waals surface area contributed by atoms with Crippen molar-refractivity contribution in [1.29, 1.82) is 0 Å². The van der Waals surface area contributed by atoms with Gasteiger partial charge in [0.15, 0.2) is 0 Å². The maximum atomic E-state index is 4.71. The molecule has 0 amide bonds. The Hall–Kier alpha value is -2.41. The van der Waals surface area contributed by atoms with Crippen LogP contribution in [-0.4, -0.2) is 5.71 Å². The van der Waals surface area contributed by atoms with E-state index in [1.165, 1.54) is 5.56 Å². The van der Waals surface area contributed by atoms with Gasteiger partial charge in [0.2, 0.25) is 0 Å². The second-order valence-corrected chi connectivity index (χ2v) is 4.97. The highest BCUT2D eigenvalue weighted by Crippen LogP contribution is 2.23. The lowest BCUT2D eigenvalue weighted by atomic mass is 9.97. The number of allylic oxidation sites excluding steroid dienone is 4. The molecule has 0 radical (unpaired) electrons. The number of benzene rings is 2. The fraction of sp³-hybridized carbons (Fsp3) is 0.105. The predicted molar refractivity (Wildman–Crippen MR) is 85.1 cm³/mol. The minimum atomic E-state index is 0.293. The van der Waals surface area contributed by atoms with Crippen LogP contribution in [0.4, 0.5) is 0 Å². The van der Waals surface area contributed by atoms with Crippen molar-refractivity contribution in [2.75, 3.05) is 0 Å². The van der Waals surface area contributed by atoms with E-state index in [0.717, 1.165) is 17.0 Å². The lowest BCUT2D eigenvalue weighted by Gasteiger charge is -2.07. The normalized spacial score (nSPS) is 18.1. The molecule has 1 heterocycles. The molecule has 0 saturated carbocycles. The first-order valence-corrected chi connectivity index (χ1v) is 6.88. The maximum Gasteiger partial charge on any atom is 0.0702 e. The molecule has 0 N–H and O–H groups in total. The highest BCUT2D eigenvalue weighted by atomic mass is 14.7. The second-order valence-electron chi connectivity index (χ2n) is 4.97. The zero-order valence-corrected chi connectivity index (χ0v) is 11.5. The molecule has 1 unspecified atom stereocenters. The fourth-order valence-electron chi connectivity index (χ4n) is 2.43. The van der Waals surface area contributed by atoms with Crippen molar-refractivity contribution < 1.29 is 0 Å². The summed E-state index contributed by atoms with van der Waals surface area (Å²) in [5, 5.41) is 0. The van der Waals surface area contributed by atoms with Crippen LogP contribution >= 0.6 is 0 Å². The van der Waals surface area contributed by atoms with Gasteiger partial charge in [-0.1, -0.05) is 72.8 Å². The lowest BCUT2D eigenvalue weighted by Crippen LogP contribution is -1.96. The Balaban J connectivity index is 1.95. The fourth-order valence-corrected chi connectivity index (χ4v) is 2.43. The van der Waals surface area contributed by atoms with Crippen LogP contribution < -0.4 is 0 Å². The van der Waals surface area contributed by atoms with Gasteiger partial charge >= 0.3 is 0 Å². The van der Waals surface area contributed by atoms with Gasteiger partial charge in [0.05, 0.1) is 5.71 Å². The smallest absolute Gasteiger partial charge is 0.0702 e. The molecular formula is C19H17N. The van der Waals surface area contributed by atoms with E-state index in [1.54, 1.807) is 0 Å². The van der Waals surface area contributed by atoms with Crippen molar-refractivity contribution in [2.45, 2.75) is 12.8 Å². The van der Waals surface area contributed by atoms with Crippen molar-refractivity contribution in [1.82, 2.24) is 0 Å². The summed E-state index contributed by atoms with van der Waals surface area (Å²) in [6.07, 6.45) is 6.56. The Bertz CT molecular complexity index is 663. The van der Waals surface area contributed by atoms with Gasteiger partial charge in [-0.25, -0.2) is 0 Å². The lowest BCUT2D eigenvalue weighted by molar-refractivity contribution is 1.06. The van der Waals surface area contributed by atoms with Crippen LogP contribution in [-0.2, 0) is 0 Å². The number of hydrogen-bond donors (Lipinski definition) is 0. The Morgan fingerprint density at radius 2 is 1.50 bits per heavy atom. The SMILES string of the molecule is CC1=CC(c2ccccc2)C=CC(c2ccccc2)=N1.